The van der Waals surface area contributed by atoms with Gasteiger partial charge in [-0.3, -0.25) is 10.00 Å². The van der Waals surface area contributed by atoms with Gasteiger partial charge in [-0.25, -0.2) is 0 Å². The molecule has 1 rings (SSSR count). The minimum Gasteiger partial charge on any atom is -0.297 e. The van der Waals surface area contributed by atoms with Crippen molar-refractivity contribution < 1.29 is 0 Å². The fourth-order valence-electron chi connectivity index (χ4n) is 1.17. The number of nitrogens with zero attached hydrogens (tertiary/aromatic N) is 2. The quantitative estimate of drug-likeness (QED) is 0.808. The van der Waals surface area contributed by atoms with E-state index in [0.29, 0.717) is 12.1 Å². The van der Waals surface area contributed by atoms with E-state index in [0.717, 1.165) is 0 Å². The Bertz CT molecular complexity index is 216. The molecular weight excluding hydrogens is 174 g/mol. The first kappa shape index (κ1) is 13.2. The van der Waals surface area contributed by atoms with Crippen LogP contribution in [0.5, 0.6) is 0 Å². The second-order valence-corrected chi connectivity index (χ2v) is 3.47. The predicted octanol–water partition coefficient (Wildman–Crippen LogP) is 2.84. The lowest BCUT2D eigenvalue weighted by molar-refractivity contribution is 0.210. The zero-order chi connectivity index (χ0) is 11.1. The van der Waals surface area contributed by atoms with Crippen molar-refractivity contribution in [2.24, 2.45) is 0 Å². The van der Waals surface area contributed by atoms with E-state index in [-0.39, 0.29) is 0 Å². The van der Waals surface area contributed by atoms with Crippen molar-refractivity contribution in [1.82, 2.24) is 15.1 Å². The van der Waals surface area contributed by atoms with Crippen molar-refractivity contribution >= 4 is 0 Å². The van der Waals surface area contributed by atoms with Crippen molar-refractivity contribution in [3.8, 4) is 0 Å². The molecule has 0 aliphatic rings. The molecule has 0 aliphatic heterocycles. The van der Waals surface area contributed by atoms with Crippen LogP contribution in [-0.4, -0.2) is 28.2 Å². The van der Waals surface area contributed by atoms with Crippen LogP contribution >= 0.6 is 0 Å². The van der Waals surface area contributed by atoms with E-state index in [9.17, 15) is 0 Å². The normalized spacial score (nSPS) is 12.6. The van der Waals surface area contributed by atoms with E-state index in [4.69, 9.17) is 0 Å². The van der Waals surface area contributed by atoms with Gasteiger partial charge >= 0.3 is 0 Å². The summed E-state index contributed by atoms with van der Waals surface area (Å²) in [6.07, 6.45) is 3.83. The second-order valence-electron chi connectivity index (χ2n) is 3.47. The van der Waals surface area contributed by atoms with E-state index in [2.05, 4.69) is 42.9 Å². The maximum Gasteiger partial charge on any atom is 0.0535 e. The van der Waals surface area contributed by atoms with Gasteiger partial charge in [0, 0.05) is 23.8 Å². The molecular formula is C11H23N3. The zero-order valence-corrected chi connectivity index (χ0v) is 10.2. The third kappa shape index (κ3) is 3.50. The number of aromatic nitrogens is 2. The van der Waals surface area contributed by atoms with Crippen molar-refractivity contribution in [1.29, 1.82) is 0 Å². The Hall–Kier alpha value is -0.830. The first-order chi connectivity index (χ1) is 6.63. The van der Waals surface area contributed by atoms with Crippen LogP contribution in [-0.2, 0) is 0 Å². The lowest BCUT2D eigenvalue weighted by Gasteiger charge is -2.27. The molecule has 1 atom stereocenters. The molecule has 14 heavy (non-hydrogen) atoms. The summed E-state index contributed by atoms with van der Waals surface area (Å²) in [6.45, 7) is 10.6. The fourth-order valence-corrected chi connectivity index (χ4v) is 1.17. The lowest BCUT2D eigenvalue weighted by Crippen LogP contribution is -2.29. The Morgan fingerprint density at radius 3 is 2.21 bits per heavy atom. The number of rotatable bonds is 3. The standard InChI is InChI=1S/C9H17N3.C2H6/c1-7(2)12(4)8(3)9-5-10-11-6-9;1-2/h5-8H,1-4H3,(H,10,11);1-2H3. The third-order valence-corrected chi connectivity index (χ3v) is 2.43. The SMILES string of the molecule is CC.CC(C)N(C)C(C)c1cn[nH]c1. The fraction of sp³-hybridized carbons (Fsp3) is 0.727. The number of H-pyrrole nitrogens is 1. The van der Waals surface area contributed by atoms with Crippen LogP contribution in [0.1, 0.15) is 46.2 Å². The number of hydrogen-bond donors (Lipinski definition) is 1. The maximum absolute atomic E-state index is 3.93. The largest absolute Gasteiger partial charge is 0.297 e. The number of nitrogens with one attached hydrogen (secondary N) is 1. The van der Waals surface area contributed by atoms with Crippen LogP contribution in [0.4, 0.5) is 0 Å². The smallest absolute Gasteiger partial charge is 0.0535 e. The van der Waals surface area contributed by atoms with Crippen molar-refractivity contribution in [2.45, 2.75) is 46.7 Å². The number of aromatic amines is 1. The first-order valence-corrected chi connectivity index (χ1v) is 5.33. The van der Waals surface area contributed by atoms with E-state index in [1.54, 1.807) is 0 Å². The average Bonchev–Trinajstić information content (AvgIpc) is 2.71. The first-order valence-electron chi connectivity index (χ1n) is 5.33. The Labute approximate surface area is 87.5 Å². The Balaban J connectivity index is 0.000000791. The minimum atomic E-state index is 0.434. The molecule has 0 bridgehead atoms. The molecule has 0 radical (unpaired) electrons. The van der Waals surface area contributed by atoms with Gasteiger partial charge in [0.1, 0.15) is 0 Å². The molecule has 0 spiro atoms. The Morgan fingerprint density at radius 2 is 1.86 bits per heavy atom. The topological polar surface area (TPSA) is 31.9 Å². The third-order valence-electron chi connectivity index (χ3n) is 2.43. The van der Waals surface area contributed by atoms with E-state index < -0.39 is 0 Å². The van der Waals surface area contributed by atoms with Crippen LogP contribution < -0.4 is 0 Å². The van der Waals surface area contributed by atoms with Gasteiger partial charge in [-0.1, -0.05) is 13.8 Å². The summed E-state index contributed by atoms with van der Waals surface area (Å²) in [5.74, 6) is 0. The molecule has 1 unspecified atom stereocenters. The van der Waals surface area contributed by atoms with Gasteiger partial charge in [-0.05, 0) is 27.8 Å². The van der Waals surface area contributed by atoms with Crippen LogP contribution in [0.25, 0.3) is 0 Å². The van der Waals surface area contributed by atoms with Crippen LogP contribution in [0.2, 0.25) is 0 Å². The van der Waals surface area contributed by atoms with Crippen LogP contribution in [0.15, 0.2) is 12.4 Å². The maximum atomic E-state index is 3.93. The highest BCUT2D eigenvalue weighted by Crippen LogP contribution is 2.18. The Kier molecular flexibility index (Phi) is 6.21. The molecule has 3 nitrogen and oxygen atoms in total. The summed E-state index contributed by atoms with van der Waals surface area (Å²) in [7, 11) is 2.13. The average molecular weight is 197 g/mol. The summed E-state index contributed by atoms with van der Waals surface area (Å²) >= 11 is 0. The minimum absolute atomic E-state index is 0.434. The van der Waals surface area contributed by atoms with Gasteiger partial charge in [0.15, 0.2) is 0 Å². The molecule has 1 aromatic rings. The van der Waals surface area contributed by atoms with Gasteiger partial charge in [0.05, 0.1) is 6.20 Å². The lowest BCUT2D eigenvalue weighted by atomic mass is 10.1. The van der Waals surface area contributed by atoms with Gasteiger partial charge < -0.3 is 0 Å². The van der Waals surface area contributed by atoms with E-state index in [1.807, 2.05) is 26.2 Å². The molecule has 0 amide bonds. The van der Waals surface area contributed by atoms with Gasteiger partial charge in [0.25, 0.3) is 0 Å². The zero-order valence-electron chi connectivity index (χ0n) is 10.2. The summed E-state index contributed by atoms with van der Waals surface area (Å²) in [5.41, 5.74) is 1.24. The molecule has 1 aromatic heterocycles. The predicted molar refractivity (Wildman–Crippen MR) is 61.2 cm³/mol. The Morgan fingerprint density at radius 1 is 1.29 bits per heavy atom. The highest BCUT2D eigenvalue weighted by atomic mass is 15.2. The van der Waals surface area contributed by atoms with E-state index >= 15 is 0 Å². The van der Waals surface area contributed by atoms with Gasteiger partial charge in [-0.15, -0.1) is 0 Å². The number of hydrogen-bond acceptors (Lipinski definition) is 2. The van der Waals surface area contributed by atoms with Crippen molar-refractivity contribution in [2.75, 3.05) is 7.05 Å². The van der Waals surface area contributed by atoms with Crippen LogP contribution in [0.3, 0.4) is 0 Å². The molecule has 82 valence electrons. The molecule has 1 N–H and O–H groups in total. The molecule has 1 heterocycles. The summed E-state index contributed by atoms with van der Waals surface area (Å²) in [5, 5.41) is 6.76. The van der Waals surface area contributed by atoms with Crippen molar-refractivity contribution in [3.63, 3.8) is 0 Å². The molecule has 0 fully saturated rings. The molecule has 0 aromatic carbocycles. The molecule has 0 aliphatic carbocycles. The van der Waals surface area contributed by atoms with Crippen molar-refractivity contribution in [3.05, 3.63) is 18.0 Å². The van der Waals surface area contributed by atoms with E-state index in [1.165, 1.54) is 5.56 Å². The highest BCUT2D eigenvalue weighted by molar-refractivity contribution is 5.08. The molecule has 0 saturated carbocycles. The summed E-state index contributed by atoms with van der Waals surface area (Å²) in [6, 6.07) is 0.999. The molecule has 0 saturated heterocycles. The summed E-state index contributed by atoms with van der Waals surface area (Å²) < 4.78 is 0. The highest BCUT2D eigenvalue weighted by Gasteiger charge is 2.14. The van der Waals surface area contributed by atoms with Gasteiger partial charge in [-0.2, -0.15) is 5.10 Å². The van der Waals surface area contributed by atoms with Gasteiger partial charge in [0.2, 0.25) is 0 Å². The monoisotopic (exact) mass is 197 g/mol. The van der Waals surface area contributed by atoms with Crippen LogP contribution in [0, 0.1) is 0 Å². The summed E-state index contributed by atoms with van der Waals surface area (Å²) in [4.78, 5) is 2.31. The molecule has 3 heteroatoms. The second kappa shape index (κ2) is 6.60.